The number of hydrogen-bond donors (Lipinski definition) is 1. The number of nitrogens with one attached hydrogen (secondary N) is 1. The summed E-state index contributed by atoms with van der Waals surface area (Å²) >= 11 is 2.76. The number of rotatable bonds is 8. The smallest absolute Gasteiger partial charge is 0.272 e. The molecule has 4 aromatic rings. The van der Waals surface area contributed by atoms with E-state index in [0.29, 0.717) is 28.5 Å². The van der Waals surface area contributed by atoms with Gasteiger partial charge in [0.15, 0.2) is 5.16 Å². The van der Waals surface area contributed by atoms with Crippen LogP contribution in [-0.4, -0.2) is 27.8 Å². The zero-order chi connectivity index (χ0) is 21.6. The largest absolute Gasteiger partial charge is 0.355 e. The third-order valence-corrected chi connectivity index (χ3v) is 6.88. The van der Waals surface area contributed by atoms with Gasteiger partial charge in [-0.1, -0.05) is 79.3 Å². The summed E-state index contributed by atoms with van der Waals surface area (Å²) in [7, 11) is 0. The van der Waals surface area contributed by atoms with Crippen LogP contribution in [-0.2, 0) is 11.3 Å². The Bertz CT molecular complexity index is 1230. The Kier molecular flexibility index (Phi) is 6.84. The average Bonchev–Trinajstić information content (AvgIpc) is 3.24. The van der Waals surface area contributed by atoms with Crippen LogP contribution in [0.4, 0.5) is 0 Å². The average molecular weight is 450 g/mol. The molecular weight excluding hydrogens is 426 g/mol. The molecule has 0 aliphatic rings. The van der Waals surface area contributed by atoms with E-state index in [0.717, 1.165) is 22.4 Å². The molecule has 1 N–H and O–H groups in total. The van der Waals surface area contributed by atoms with E-state index in [1.807, 2.05) is 73.7 Å². The van der Waals surface area contributed by atoms with Gasteiger partial charge in [0.05, 0.1) is 17.8 Å². The molecule has 7 heteroatoms. The number of fused-ring (bicyclic) bond motifs is 1. The van der Waals surface area contributed by atoms with Gasteiger partial charge < -0.3 is 5.32 Å². The van der Waals surface area contributed by atoms with E-state index in [2.05, 4.69) is 5.32 Å². The van der Waals surface area contributed by atoms with Crippen molar-refractivity contribution >= 4 is 39.2 Å². The van der Waals surface area contributed by atoms with Crippen molar-refractivity contribution in [1.29, 1.82) is 0 Å². The lowest BCUT2D eigenvalue weighted by atomic mass is 10.2. The van der Waals surface area contributed by atoms with Crippen molar-refractivity contribution in [3.63, 3.8) is 0 Å². The fourth-order valence-corrected chi connectivity index (χ4v) is 5.08. The van der Waals surface area contributed by atoms with E-state index in [9.17, 15) is 9.59 Å². The topological polar surface area (TPSA) is 64.0 Å². The molecule has 5 nitrogen and oxygen atoms in total. The van der Waals surface area contributed by atoms with Crippen molar-refractivity contribution in [1.82, 2.24) is 14.9 Å². The number of amides is 1. The fraction of sp³-hybridized carbons (Fsp3) is 0.208. The van der Waals surface area contributed by atoms with Crippen LogP contribution in [0.3, 0.4) is 0 Å². The first-order valence-electron chi connectivity index (χ1n) is 10.2. The summed E-state index contributed by atoms with van der Waals surface area (Å²) < 4.78 is 2.32. The van der Waals surface area contributed by atoms with E-state index in [-0.39, 0.29) is 17.2 Å². The van der Waals surface area contributed by atoms with Crippen molar-refractivity contribution in [2.24, 2.45) is 0 Å². The number of thiophene rings is 1. The third-order valence-electron chi connectivity index (χ3n) is 4.75. The Morgan fingerprint density at radius 2 is 1.81 bits per heavy atom. The van der Waals surface area contributed by atoms with Crippen molar-refractivity contribution in [3.05, 3.63) is 82.6 Å². The normalized spacial score (nSPS) is 11.0. The molecule has 2 aromatic carbocycles. The zero-order valence-corrected chi connectivity index (χ0v) is 18.8. The minimum absolute atomic E-state index is 0.0530. The summed E-state index contributed by atoms with van der Waals surface area (Å²) in [5.41, 5.74) is 2.68. The van der Waals surface area contributed by atoms with Crippen molar-refractivity contribution in [3.8, 4) is 10.4 Å². The maximum Gasteiger partial charge on any atom is 0.272 e. The third kappa shape index (κ3) is 5.06. The molecule has 0 spiro atoms. The molecule has 0 aliphatic carbocycles. The molecule has 0 radical (unpaired) electrons. The molecule has 0 saturated heterocycles. The number of nitrogens with zero attached hydrogens (tertiary/aromatic N) is 2. The predicted octanol–water partition coefficient (Wildman–Crippen LogP) is 4.79. The van der Waals surface area contributed by atoms with Crippen LogP contribution in [0.1, 0.15) is 18.9 Å². The van der Waals surface area contributed by atoms with Gasteiger partial charge in [-0.2, -0.15) is 0 Å². The molecule has 31 heavy (non-hydrogen) atoms. The SMILES string of the molecule is CCCNC(=O)CSc1nc2cc(-c3ccccc3)sc2c(=O)n1Cc1ccccc1. The highest BCUT2D eigenvalue weighted by Gasteiger charge is 2.17. The first-order valence-corrected chi connectivity index (χ1v) is 12.0. The lowest BCUT2D eigenvalue weighted by Gasteiger charge is -2.12. The van der Waals surface area contributed by atoms with Gasteiger partial charge in [0.2, 0.25) is 5.91 Å². The fourth-order valence-electron chi connectivity index (χ4n) is 3.20. The molecule has 0 aliphatic heterocycles. The number of carbonyl (C=O) groups excluding carboxylic acids is 1. The summed E-state index contributed by atoms with van der Waals surface area (Å²) in [6, 6.07) is 21.8. The molecule has 0 fully saturated rings. The van der Waals surface area contributed by atoms with Crippen LogP contribution in [0.2, 0.25) is 0 Å². The highest BCUT2D eigenvalue weighted by Crippen LogP contribution is 2.32. The van der Waals surface area contributed by atoms with Gasteiger partial charge in [-0.3, -0.25) is 14.2 Å². The molecule has 0 saturated carbocycles. The van der Waals surface area contributed by atoms with E-state index in [4.69, 9.17) is 4.98 Å². The molecule has 158 valence electrons. The summed E-state index contributed by atoms with van der Waals surface area (Å²) in [6.45, 7) is 3.08. The number of carbonyl (C=O) groups is 1. The number of thioether (sulfide) groups is 1. The Labute approximate surface area is 189 Å². The van der Waals surface area contributed by atoms with E-state index < -0.39 is 0 Å². The quantitative estimate of drug-likeness (QED) is 0.310. The first-order chi connectivity index (χ1) is 15.2. The minimum Gasteiger partial charge on any atom is -0.355 e. The monoisotopic (exact) mass is 449 g/mol. The highest BCUT2D eigenvalue weighted by atomic mass is 32.2. The Balaban J connectivity index is 1.74. The summed E-state index contributed by atoms with van der Waals surface area (Å²) in [5.74, 6) is 0.172. The van der Waals surface area contributed by atoms with Gasteiger partial charge in [-0.15, -0.1) is 11.3 Å². The minimum atomic E-state index is -0.0718. The second kappa shape index (κ2) is 9.94. The van der Waals surface area contributed by atoms with Gasteiger partial charge in [0, 0.05) is 11.4 Å². The van der Waals surface area contributed by atoms with E-state index in [1.165, 1.54) is 23.1 Å². The molecule has 0 atom stereocenters. The van der Waals surface area contributed by atoms with Gasteiger partial charge in [0.1, 0.15) is 4.70 Å². The number of benzene rings is 2. The molecule has 2 heterocycles. The highest BCUT2D eigenvalue weighted by molar-refractivity contribution is 7.99. The molecule has 0 bridgehead atoms. The van der Waals surface area contributed by atoms with E-state index in [1.54, 1.807) is 4.57 Å². The van der Waals surface area contributed by atoms with Crippen molar-refractivity contribution in [2.45, 2.75) is 25.0 Å². The molecule has 4 rings (SSSR count). The summed E-state index contributed by atoms with van der Waals surface area (Å²) in [5, 5.41) is 3.44. The maximum atomic E-state index is 13.4. The van der Waals surface area contributed by atoms with Crippen LogP contribution >= 0.6 is 23.1 Å². The second-order valence-electron chi connectivity index (χ2n) is 7.10. The van der Waals surface area contributed by atoms with Gasteiger partial charge >= 0.3 is 0 Å². The van der Waals surface area contributed by atoms with Gasteiger partial charge in [-0.25, -0.2) is 4.98 Å². The lowest BCUT2D eigenvalue weighted by Crippen LogP contribution is -2.27. The Morgan fingerprint density at radius 3 is 2.52 bits per heavy atom. The lowest BCUT2D eigenvalue weighted by molar-refractivity contribution is -0.118. The summed E-state index contributed by atoms with van der Waals surface area (Å²) in [6.07, 6.45) is 0.885. The number of aromatic nitrogens is 2. The molecule has 2 aromatic heterocycles. The molecule has 0 unspecified atom stereocenters. The van der Waals surface area contributed by atoms with Crippen molar-refractivity contribution < 1.29 is 4.79 Å². The second-order valence-corrected chi connectivity index (χ2v) is 9.10. The van der Waals surface area contributed by atoms with Crippen LogP contribution < -0.4 is 10.9 Å². The standard InChI is InChI=1S/C24H23N3O2S2/c1-2-13-25-21(28)16-30-24-26-19-14-20(18-11-7-4-8-12-18)31-22(19)23(29)27(24)15-17-9-5-3-6-10-17/h3-12,14H,2,13,15-16H2,1H3,(H,25,28). The number of hydrogen-bond acceptors (Lipinski definition) is 5. The van der Waals surface area contributed by atoms with Crippen LogP contribution in [0, 0.1) is 0 Å². The van der Waals surface area contributed by atoms with Crippen molar-refractivity contribution in [2.75, 3.05) is 12.3 Å². The molecular formula is C24H23N3O2S2. The van der Waals surface area contributed by atoms with Gasteiger partial charge in [0.25, 0.3) is 5.56 Å². The molecule has 1 amide bonds. The zero-order valence-electron chi connectivity index (χ0n) is 17.2. The maximum absolute atomic E-state index is 13.4. The predicted molar refractivity (Wildman–Crippen MR) is 129 cm³/mol. The Hall–Kier alpha value is -2.90. The first kappa shape index (κ1) is 21.3. The van der Waals surface area contributed by atoms with E-state index >= 15 is 0 Å². The van der Waals surface area contributed by atoms with Crippen LogP contribution in [0.15, 0.2) is 76.7 Å². The van der Waals surface area contributed by atoms with Crippen LogP contribution in [0.5, 0.6) is 0 Å². The Morgan fingerprint density at radius 1 is 1.10 bits per heavy atom. The van der Waals surface area contributed by atoms with Gasteiger partial charge in [-0.05, 0) is 23.6 Å². The van der Waals surface area contributed by atoms with Crippen LogP contribution in [0.25, 0.3) is 20.7 Å². The summed E-state index contributed by atoms with van der Waals surface area (Å²) in [4.78, 5) is 31.4.